The van der Waals surface area contributed by atoms with E-state index in [4.69, 9.17) is 4.52 Å². The van der Waals surface area contributed by atoms with E-state index >= 15 is 0 Å². The molecule has 0 bridgehead atoms. The molecule has 1 amide bonds. The van der Waals surface area contributed by atoms with Crippen LogP contribution in [0.3, 0.4) is 0 Å². The number of aromatic nitrogens is 1. The van der Waals surface area contributed by atoms with E-state index in [1.54, 1.807) is 6.07 Å². The van der Waals surface area contributed by atoms with Gasteiger partial charge in [-0.05, 0) is 12.5 Å². The van der Waals surface area contributed by atoms with Crippen LogP contribution in [-0.4, -0.2) is 53.6 Å². The van der Waals surface area contributed by atoms with Gasteiger partial charge in [0, 0.05) is 38.8 Å². The van der Waals surface area contributed by atoms with Gasteiger partial charge in [0.05, 0.1) is 6.54 Å². The van der Waals surface area contributed by atoms with E-state index in [9.17, 15) is 4.79 Å². The molecule has 0 atom stereocenters. The summed E-state index contributed by atoms with van der Waals surface area (Å²) in [5, 5.41) is 6.83. The largest absolute Gasteiger partial charge is 0.360 e. The molecule has 2 heterocycles. The molecule has 0 spiro atoms. The number of piperazine rings is 1. The van der Waals surface area contributed by atoms with Crippen LogP contribution in [0.5, 0.6) is 0 Å². The first-order valence-corrected chi connectivity index (χ1v) is 7.92. The fourth-order valence-electron chi connectivity index (χ4n) is 2.72. The molecule has 1 saturated heterocycles. The molecular formula is C17H22N4O2. The van der Waals surface area contributed by atoms with Gasteiger partial charge < -0.3 is 14.7 Å². The Balaban J connectivity index is 1.42. The van der Waals surface area contributed by atoms with E-state index in [-0.39, 0.29) is 12.5 Å². The van der Waals surface area contributed by atoms with Gasteiger partial charge in [0.2, 0.25) is 5.91 Å². The highest BCUT2D eigenvalue weighted by Gasteiger charge is 2.21. The van der Waals surface area contributed by atoms with Crippen molar-refractivity contribution in [3.05, 3.63) is 47.7 Å². The summed E-state index contributed by atoms with van der Waals surface area (Å²) in [5.74, 6) is 1.44. The second kappa shape index (κ2) is 7.28. The lowest BCUT2D eigenvalue weighted by molar-refractivity contribution is -0.131. The first-order valence-electron chi connectivity index (χ1n) is 7.92. The molecule has 1 aromatic heterocycles. The van der Waals surface area contributed by atoms with Gasteiger partial charge in [-0.2, -0.15) is 0 Å². The van der Waals surface area contributed by atoms with Gasteiger partial charge in [-0.15, -0.1) is 0 Å². The van der Waals surface area contributed by atoms with E-state index in [0.717, 1.165) is 38.5 Å². The highest BCUT2D eigenvalue weighted by atomic mass is 16.5. The molecule has 1 aliphatic rings. The molecule has 0 unspecified atom stereocenters. The summed E-state index contributed by atoms with van der Waals surface area (Å²) in [5.41, 5.74) is 1.32. The van der Waals surface area contributed by atoms with Crippen LogP contribution in [0, 0.1) is 6.92 Å². The summed E-state index contributed by atoms with van der Waals surface area (Å²) >= 11 is 0. The minimum atomic E-state index is 0.102. The maximum atomic E-state index is 12.2. The second-order valence-electron chi connectivity index (χ2n) is 5.82. The number of anilines is 1. The van der Waals surface area contributed by atoms with Crippen molar-refractivity contribution < 1.29 is 9.32 Å². The first kappa shape index (κ1) is 15.6. The highest BCUT2D eigenvalue weighted by molar-refractivity contribution is 5.80. The van der Waals surface area contributed by atoms with Gasteiger partial charge in [-0.3, -0.25) is 9.69 Å². The molecule has 2 aromatic rings. The summed E-state index contributed by atoms with van der Waals surface area (Å²) in [6.45, 7) is 6.37. The molecule has 0 saturated carbocycles. The number of aryl methyl sites for hydroxylation is 1. The monoisotopic (exact) mass is 314 g/mol. The quantitative estimate of drug-likeness (QED) is 0.911. The Hall–Kier alpha value is -2.34. The topological polar surface area (TPSA) is 61.6 Å². The smallest absolute Gasteiger partial charge is 0.242 e. The number of hydrogen-bond acceptors (Lipinski definition) is 5. The lowest BCUT2D eigenvalue weighted by atomic mass is 10.2. The van der Waals surface area contributed by atoms with Crippen LogP contribution >= 0.6 is 0 Å². The van der Waals surface area contributed by atoms with Gasteiger partial charge in [-0.25, -0.2) is 0 Å². The summed E-state index contributed by atoms with van der Waals surface area (Å²) in [7, 11) is 0. The predicted octanol–water partition coefficient (Wildman–Crippen LogP) is 1.74. The Labute approximate surface area is 136 Å². The SMILES string of the molecule is Cc1cc(NCC(=O)N2CCN(Cc3ccccc3)CC2)no1. The van der Waals surface area contributed by atoms with Crippen molar-refractivity contribution in [3.63, 3.8) is 0 Å². The fraction of sp³-hybridized carbons (Fsp3) is 0.412. The summed E-state index contributed by atoms with van der Waals surface area (Å²) < 4.78 is 4.97. The third kappa shape index (κ3) is 4.32. The molecule has 1 aliphatic heterocycles. The van der Waals surface area contributed by atoms with Crippen molar-refractivity contribution in [1.29, 1.82) is 0 Å². The Kier molecular flexibility index (Phi) is 4.92. The zero-order valence-corrected chi connectivity index (χ0v) is 13.4. The highest BCUT2D eigenvalue weighted by Crippen LogP contribution is 2.10. The number of nitrogens with zero attached hydrogens (tertiary/aromatic N) is 3. The third-order valence-electron chi connectivity index (χ3n) is 4.02. The van der Waals surface area contributed by atoms with Gasteiger partial charge in [-0.1, -0.05) is 35.5 Å². The lowest BCUT2D eigenvalue weighted by Gasteiger charge is -2.34. The number of nitrogens with one attached hydrogen (secondary N) is 1. The summed E-state index contributed by atoms with van der Waals surface area (Å²) in [6, 6.07) is 12.2. The Bertz CT molecular complexity index is 633. The van der Waals surface area contributed by atoms with Gasteiger partial charge in [0.15, 0.2) is 5.82 Å². The summed E-state index contributed by atoms with van der Waals surface area (Å²) in [4.78, 5) is 16.5. The van der Waals surface area contributed by atoms with Gasteiger partial charge >= 0.3 is 0 Å². The Morgan fingerprint density at radius 2 is 1.96 bits per heavy atom. The number of carbonyl (C=O) groups is 1. The average Bonchev–Trinajstić information content (AvgIpc) is 3.00. The normalized spacial score (nSPS) is 15.6. The zero-order valence-electron chi connectivity index (χ0n) is 13.4. The van der Waals surface area contributed by atoms with Crippen molar-refractivity contribution in [2.24, 2.45) is 0 Å². The number of benzene rings is 1. The lowest BCUT2D eigenvalue weighted by Crippen LogP contribution is -2.49. The Morgan fingerprint density at radius 3 is 2.61 bits per heavy atom. The second-order valence-corrected chi connectivity index (χ2v) is 5.82. The predicted molar refractivity (Wildman–Crippen MR) is 88.0 cm³/mol. The molecule has 6 heteroatoms. The number of hydrogen-bond donors (Lipinski definition) is 1. The zero-order chi connectivity index (χ0) is 16.1. The molecule has 1 fully saturated rings. The van der Waals surface area contributed by atoms with Crippen LogP contribution < -0.4 is 5.32 Å². The maximum absolute atomic E-state index is 12.2. The van der Waals surface area contributed by atoms with Crippen LogP contribution in [0.1, 0.15) is 11.3 Å². The van der Waals surface area contributed by atoms with E-state index in [2.05, 4.69) is 39.6 Å². The number of amides is 1. The number of carbonyl (C=O) groups excluding carboxylic acids is 1. The minimum Gasteiger partial charge on any atom is -0.360 e. The minimum absolute atomic E-state index is 0.102. The molecule has 1 N–H and O–H groups in total. The standard InChI is InChI=1S/C17H22N4O2/c1-14-11-16(19-23-14)18-12-17(22)21-9-7-20(8-10-21)13-15-5-3-2-4-6-15/h2-6,11H,7-10,12-13H2,1H3,(H,18,19). The van der Waals surface area contributed by atoms with Crippen molar-refractivity contribution in [2.75, 3.05) is 38.0 Å². The van der Waals surface area contributed by atoms with Crippen LogP contribution in [-0.2, 0) is 11.3 Å². The molecule has 0 aliphatic carbocycles. The van der Waals surface area contributed by atoms with Crippen LogP contribution in [0.15, 0.2) is 40.9 Å². The molecule has 122 valence electrons. The molecule has 6 nitrogen and oxygen atoms in total. The van der Waals surface area contributed by atoms with Crippen molar-refractivity contribution in [1.82, 2.24) is 15.0 Å². The van der Waals surface area contributed by atoms with Gasteiger partial charge in [0.25, 0.3) is 0 Å². The van der Waals surface area contributed by atoms with Crippen molar-refractivity contribution >= 4 is 11.7 Å². The fourth-order valence-corrected chi connectivity index (χ4v) is 2.72. The van der Waals surface area contributed by atoms with E-state index in [1.807, 2.05) is 17.9 Å². The van der Waals surface area contributed by atoms with Crippen molar-refractivity contribution in [2.45, 2.75) is 13.5 Å². The average molecular weight is 314 g/mol. The number of rotatable bonds is 5. The maximum Gasteiger partial charge on any atom is 0.242 e. The first-order chi connectivity index (χ1) is 11.2. The van der Waals surface area contributed by atoms with E-state index in [0.29, 0.717) is 5.82 Å². The molecule has 0 radical (unpaired) electrons. The molecule has 3 rings (SSSR count). The molecule has 23 heavy (non-hydrogen) atoms. The molecular weight excluding hydrogens is 292 g/mol. The van der Waals surface area contributed by atoms with Gasteiger partial charge in [0.1, 0.15) is 5.76 Å². The molecule has 1 aromatic carbocycles. The Morgan fingerprint density at radius 1 is 1.22 bits per heavy atom. The van der Waals surface area contributed by atoms with Crippen molar-refractivity contribution in [3.8, 4) is 0 Å². The van der Waals surface area contributed by atoms with E-state index in [1.165, 1.54) is 5.56 Å². The van der Waals surface area contributed by atoms with Crippen LogP contribution in [0.4, 0.5) is 5.82 Å². The summed E-state index contributed by atoms with van der Waals surface area (Å²) in [6.07, 6.45) is 0. The van der Waals surface area contributed by atoms with Crippen LogP contribution in [0.25, 0.3) is 0 Å². The van der Waals surface area contributed by atoms with E-state index < -0.39 is 0 Å². The third-order valence-corrected chi connectivity index (χ3v) is 4.02. The van der Waals surface area contributed by atoms with Crippen LogP contribution in [0.2, 0.25) is 0 Å².